The molecule has 7 heteroatoms. The van der Waals surface area contributed by atoms with E-state index in [1.807, 2.05) is 12.1 Å². The molecule has 1 saturated heterocycles. The van der Waals surface area contributed by atoms with Crippen LogP contribution in [0.3, 0.4) is 0 Å². The molecule has 0 amide bonds. The molecule has 2 heterocycles. The molecule has 0 saturated carbocycles. The van der Waals surface area contributed by atoms with Crippen molar-refractivity contribution in [2.75, 3.05) is 59.2 Å². The predicted octanol–water partition coefficient (Wildman–Crippen LogP) is 2.27. The van der Waals surface area contributed by atoms with E-state index in [0.29, 0.717) is 19.6 Å². The van der Waals surface area contributed by atoms with Crippen molar-refractivity contribution in [3.8, 4) is 17.6 Å². The molecule has 0 bridgehead atoms. The van der Waals surface area contributed by atoms with E-state index in [-0.39, 0.29) is 0 Å². The number of benzene rings is 1. The third-order valence-corrected chi connectivity index (χ3v) is 5.22. The minimum absolute atomic E-state index is 0.533. The summed E-state index contributed by atoms with van der Waals surface area (Å²) < 4.78 is 17.7. The van der Waals surface area contributed by atoms with E-state index in [1.54, 1.807) is 0 Å². The Morgan fingerprint density at radius 2 is 1.80 bits per heavy atom. The van der Waals surface area contributed by atoms with E-state index >= 15 is 0 Å². The van der Waals surface area contributed by atoms with Gasteiger partial charge in [0.1, 0.15) is 13.2 Å². The molecule has 1 aromatic rings. The van der Waals surface area contributed by atoms with Crippen LogP contribution in [-0.2, 0) is 11.3 Å². The van der Waals surface area contributed by atoms with Crippen molar-refractivity contribution in [1.82, 2.24) is 9.80 Å². The smallest absolute Gasteiger partial charge is 0.162 e. The monoisotopic (exact) mass is 409 g/mol. The zero-order valence-corrected chi connectivity index (χ0v) is 16.0. The van der Waals surface area contributed by atoms with Gasteiger partial charge in [-0.1, -0.05) is 15.9 Å². The fourth-order valence-corrected chi connectivity index (χ4v) is 3.50. The van der Waals surface area contributed by atoms with Crippen LogP contribution in [-0.4, -0.2) is 69.0 Å². The number of morpholine rings is 1. The van der Waals surface area contributed by atoms with E-state index in [4.69, 9.17) is 19.5 Å². The molecule has 6 nitrogen and oxygen atoms in total. The Morgan fingerprint density at radius 1 is 1.08 bits per heavy atom. The molecule has 3 rings (SSSR count). The number of nitrogens with zero attached hydrogens (tertiary/aromatic N) is 3. The van der Waals surface area contributed by atoms with Gasteiger partial charge in [-0.25, -0.2) is 0 Å². The third-order valence-electron chi connectivity index (χ3n) is 4.48. The lowest BCUT2D eigenvalue weighted by molar-refractivity contribution is 0.0330. The topological polar surface area (TPSA) is 58.0 Å². The molecule has 0 aromatic heterocycles. The van der Waals surface area contributed by atoms with Gasteiger partial charge in [-0.3, -0.25) is 9.80 Å². The number of ether oxygens (including phenoxy) is 3. The molecule has 25 heavy (non-hydrogen) atoms. The average molecular weight is 410 g/mol. The summed E-state index contributed by atoms with van der Waals surface area (Å²) in [5.74, 6) is 1.59. The van der Waals surface area contributed by atoms with Gasteiger partial charge < -0.3 is 14.2 Å². The molecular weight excluding hydrogens is 386 g/mol. The normalized spacial score (nSPS) is 17.5. The highest BCUT2D eigenvalue weighted by Gasteiger charge is 2.18. The van der Waals surface area contributed by atoms with Gasteiger partial charge in [-0.15, -0.1) is 0 Å². The molecule has 0 N–H and O–H groups in total. The summed E-state index contributed by atoms with van der Waals surface area (Å²) in [4.78, 5) is 4.75. The average Bonchev–Trinajstić information content (AvgIpc) is 2.65. The Labute approximate surface area is 157 Å². The van der Waals surface area contributed by atoms with Gasteiger partial charge in [0, 0.05) is 50.2 Å². The number of halogens is 1. The van der Waals surface area contributed by atoms with Crippen molar-refractivity contribution in [2.45, 2.75) is 13.0 Å². The molecule has 2 aliphatic rings. The maximum Gasteiger partial charge on any atom is 0.162 e. The fourth-order valence-electron chi connectivity index (χ4n) is 3.05. The van der Waals surface area contributed by atoms with Crippen LogP contribution >= 0.6 is 15.9 Å². The molecule has 0 atom stereocenters. The fraction of sp³-hybridized carbons (Fsp3) is 0.611. The first-order valence-electron chi connectivity index (χ1n) is 8.73. The number of hydrogen-bond acceptors (Lipinski definition) is 6. The van der Waals surface area contributed by atoms with Crippen LogP contribution in [0.2, 0.25) is 0 Å². The Hall–Kier alpha value is -1.33. The summed E-state index contributed by atoms with van der Waals surface area (Å²) in [6, 6.07) is 6.28. The van der Waals surface area contributed by atoms with Crippen LogP contribution in [0, 0.1) is 11.3 Å². The number of hydrogen-bond donors (Lipinski definition) is 0. The molecule has 1 fully saturated rings. The van der Waals surface area contributed by atoms with Gasteiger partial charge in [-0.2, -0.15) is 5.26 Å². The Kier molecular flexibility index (Phi) is 6.93. The first kappa shape index (κ1) is 18.5. The molecule has 136 valence electrons. The molecule has 0 aliphatic carbocycles. The van der Waals surface area contributed by atoms with Crippen molar-refractivity contribution in [1.29, 1.82) is 5.26 Å². The summed E-state index contributed by atoms with van der Waals surface area (Å²) in [6.07, 6.45) is 0.533. The minimum Gasteiger partial charge on any atom is -0.486 e. The second kappa shape index (κ2) is 9.39. The van der Waals surface area contributed by atoms with E-state index in [1.165, 1.54) is 0 Å². The quantitative estimate of drug-likeness (QED) is 0.688. The van der Waals surface area contributed by atoms with Gasteiger partial charge in [0.15, 0.2) is 11.5 Å². The Bertz CT molecular complexity index is 614. The van der Waals surface area contributed by atoms with Crippen molar-refractivity contribution < 1.29 is 14.2 Å². The number of rotatable bonds is 7. The highest BCUT2D eigenvalue weighted by Crippen LogP contribution is 2.36. The molecule has 0 unspecified atom stereocenters. The van der Waals surface area contributed by atoms with Crippen molar-refractivity contribution in [3.63, 3.8) is 0 Å². The molecule has 0 spiro atoms. The Morgan fingerprint density at radius 3 is 2.52 bits per heavy atom. The van der Waals surface area contributed by atoms with Crippen molar-refractivity contribution >= 4 is 15.9 Å². The first-order valence-corrected chi connectivity index (χ1v) is 9.53. The summed E-state index contributed by atoms with van der Waals surface area (Å²) in [5, 5.41) is 8.96. The van der Waals surface area contributed by atoms with Crippen molar-refractivity contribution in [3.05, 3.63) is 22.2 Å². The third kappa shape index (κ3) is 5.32. The van der Waals surface area contributed by atoms with Gasteiger partial charge in [0.05, 0.1) is 19.3 Å². The zero-order valence-electron chi connectivity index (χ0n) is 14.4. The highest BCUT2D eigenvalue weighted by atomic mass is 79.9. The summed E-state index contributed by atoms with van der Waals surface area (Å²) in [7, 11) is 0. The van der Waals surface area contributed by atoms with Crippen LogP contribution in [0.4, 0.5) is 0 Å². The van der Waals surface area contributed by atoms with Gasteiger partial charge in [0.2, 0.25) is 0 Å². The van der Waals surface area contributed by atoms with Crippen LogP contribution in [0.5, 0.6) is 11.5 Å². The Balaban J connectivity index is 1.63. The lowest BCUT2D eigenvalue weighted by Gasteiger charge is -2.30. The molecule has 1 aromatic carbocycles. The SMILES string of the molecule is N#CCCN(CCN1CCOCC1)Cc1cc2c(cc1Br)OCCO2. The molecule has 0 radical (unpaired) electrons. The van der Waals surface area contributed by atoms with Crippen molar-refractivity contribution in [2.24, 2.45) is 0 Å². The molecule has 2 aliphatic heterocycles. The van der Waals surface area contributed by atoms with Crippen LogP contribution < -0.4 is 9.47 Å². The highest BCUT2D eigenvalue weighted by molar-refractivity contribution is 9.10. The number of fused-ring (bicyclic) bond motifs is 1. The predicted molar refractivity (Wildman–Crippen MR) is 97.9 cm³/mol. The van der Waals surface area contributed by atoms with E-state index in [9.17, 15) is 0 Å². The molecular formula is C18H24BrN3O3. The maximum absolute atomic E-state index is 8.96. The first-order chi connectivity index (χ1) is 12.3. The van der Waals surface area contributed by atoms with Crippen LogP contribution in [0.15, 0.2) is 16.6 Å². The summed E-state index contributed by atoms with van der Waals surface area (Å²) in [5.41, 5.74) is 1.16. The summed E-state index contributed by atoms with van der Waals surface area (Å²) in [6.45, 7) is 8.25. The zero-order chi connectivity index (χ0) is 17.5. The summed E-state index contributed by atoms with van der Waals surface area (Å²) >= 11 is 3.65. The van der Waals surface area contributed by atoms with E-state index in [0.717, 1.165) is 74.0 Å². The van der Waals surface area contributed by atoms with Crippen LogP contribution in [0.25, 0.3) is 0 Å². The maximum atomic E-state index is 8.96. The minimum atomic E-state index is 0.533. The largest absolute Gasteiger partial charge is 0.486 e. The lowest BCUT2D eigenvalue weighted by Crippen LogP contribution is -2.41. The lowest BCUT2D eigenvalue weighted by atomic mass is 10.1. The second-order valence-corrected chi connectivity index (χ2v) is 7.08. The van der Waals surface area contributed by atoms with Gasteiger partial charge in [0.25, 0.3) is 0 Å². The second-order valence-electron chi connectivity index (χ2n) is 6.23. The van der Waals surface area contributed by atoms with Gasteiger partial charge in [-0.05, 0) is 17.7 Å². The van der Waals surface area contributed by atoms with Crippen LogP contribution in [0.1, 0.15) is 12.0 Å². The number of nitriles is 1. The standard InChI is InChI=1S/C18H24BrN3O3/c19-16-13-18-17(24-10-11-25-18)12-15(16)14-22(3-1-2-20)5-4-21-6-8-23-9-7-21/h12-13H,1,3-11,14H2. The van der Waals surface area contributed by atoms with E-state index < -0.39 is 0 Å². The van der Waals surface area contributed by atoms with Gasteiger partial charge >= 0.3 is 0 Å². The van der Waals surface area contributed by atoms with E-state index in [2.05, 4.69) is 31.8 Å².